The van der Waals surface area contributed by atoms with E-state index in [1.165, 1.54) is 4.31 Å². The number of morpholine rings is 1. The SMILES string of the molecule is NC1CCCC1NS(=O)(=O)N1CCOCC1. The first-order valence-electron chi connectivity index (χ1n) is 5.70. The zero-order valence-corrected chi connectivity index (χ0v) is 10.1. The Hall–Kier alpha value is -0.210. The Morgan fingerprint density at radius 3 is 2.50 bits per heavy atom. The number of rotatable bonds is 3. The molecule has 94 valence electrons. The predicted molar refractivity (Wildman–Crippen MR) is 60.1 cm³/mol. The lowest BCUT2D eigenvalue weighted by atomic mass is 10.2. The van der Waals surface area contributed by atoms with E-state index in [4.69, 9.17) is 10.5 Å². The van der Waals surface area contributed by atoms with E-state index in [1.54, 1.807) is 0 Å². The van der Waals surface area contributed by atoms with Crippen LogP contribution in [0.3, 0.4) is 0 Å². The summed E-state index contributed by atoms with van der Waals surface area (Å²) in [5.74, 6) is 0. The summed E-state index contributed by atoms with van der Waals surface area (Å²) in [6.07, 6.45) is 2.73. The van der Waals surface area contributed by atoms with Crippen LogP contribution in [0.5, 0.6) is 0 Å². The lowest BCUT2D eigenvalue weighted by molar-refractivity contribution is 0.0723. The molecule has 2 fully saturated rings. The molecule has 1 heterocycles. The third-order valence-electron chi connectivity index (χ3n) is 3.18. The number of ether oxygens (including phenoxy) is 1. The van der Waals surface area contributed by atoms with E-state index in [9.17, 15) is 8.42 Å². The molecule has 1 aliphatic carbocycles. The fourth-order valence-corrected chi connectivity index (χ4v) is 3.64. The number of nitrogens with two attached hydrogens (primary N) is 1. The van der Waals surface area contributed by atoms with E-state index in [-0.39, 0.29) is 12.1 Å². The van der Waals surface area contributed by atoms with Gasteiger partial charge in [-0.15, -0.1) is 0 Å². The van der Waals surface area contributed by atoms with Crippen LogP contribution in [0.25, 0.3) is 0 Å². The van der Waals surface area contributed by atoms with Crippen molar-refractivity contribution in [2.75, 3.05) is 26.3 Å². The van der Waals surface area contributed by atoms with Crippen LogP contribution in [-0.4, -0.2) is 51.1 Å². The van der Waals surface area contributed by atoms with Gasteiger partial charge in [0.15, 0.2) is 0 Å². The second-order valence-electron chi connectivity index (χ2n) is 4.34. The first-order valence-corrected chi connectivity index (χ1v) is 7.14. The van der Waals surface area contributed by atoms with E-state index in [0.29, 0.717) is 26.3 Å². The van der Waals surface area contributed by atoms with Crippen LogP contribution in [0.15, 0.2) is 0 Å². The molecule has 1 aliphatic heterocycles. The number of nitrogens with one attached hydrogen (secondary N) is 1. The molecule has 0 bridgehead atoms. The maximum Gasteiger partial charge on any atom is 0.279 e. The van der Waals surface area contributed by atoms with Crippen LogP contribution in [0, 0.1) is 0 Å². The van der Waals surface area contributed by atoms with Gasteiger partial charge in [-0.25, -0.2) is 0 Å². The van der Waals surface area contributed by atoms with Gasteiger partial charge in [0.25, 0.3) is 10.2 Å². The molecule has 0 radical (unpaired) electrons. The predicted octanol–water partition coefficient (Wildman–Crippen LogP) is -0.967. The van der Waals surface area contributed by atoms with Gasteiger partial charge in [0.05, 0.1) is 13.2 Å². The largest absolute Gasteiger partial charge is 0.379 e. The topological polar surface area (TPSA) is 84.7 Å². The molecular weight excluding hydrogens is 230 g/mol. The summed E-state index contributed by atoms with van der Waals surface area (Å²) in [6.45, 7) is 1.80. The molecule has 2 rings (SSSR count). The zero-order valence-electron chi connectivity index (χ0n) is 9.26. The second-order valence-corrected chi connectivity index (χ2v) is 6.04. The van der Waals surface area contributed by atoms with Crippen LogP contribution in [0.2, 0.25) is 0 Å². The lowest BCUT2D eigenvalue weighted by Gasteiger charge is -2.28. The van der Waals surface area contributed by atoms with Crippen LogP contribution >= 0.6 is 0 Å². The number of hydrogen-bond donors (Lipinski definition) is 2. The molecular formula is C9H19N3O3S. The molecule has 0 aromatic rings. The van der Waals surface area contributed by atoms with Gasteiger partial charge in [0.1, 0.15) is 0 Å². The van der Waals surface area contributed by atoms with Crippen LogP contribution < -0.4 is 10.5 Å². The summed E-state index contributed by atoms with van der Waals surface area (Å²) >= 11 is 0. The average molecular weight is 249 g/mol. The molecule has 0 aromatic carbocycles. The van der Waals surface area contributed by atoms with E-state index in [2.05, 4.69) is 4.72 Å². The van der Waals surface area contributed by atoms with E-state index in [1.807, 2.05) is 0 Å². The fourth-order valence-electron chi connectivity index (χ4n) is 2.19. The summed E-state index contributed by atoms with van der Waals surface area (Å²) in [4.78, 5) is 0. The highest BCUT2D eigenvalue weighted by Crippen LogP contribution is 2.18. The van der Waals surface area contributed by atoms with Crippen molar-refractivity contribution in [3.05, 3.63) is 0 Å². The molecule has 1 saturated carbocycles. The molecule has 0 amide bonds. The van der Waals surface area contributed by atoms with Crippen molar-refractivity contribution in [2.45, 2.75) is 31.3 Å². The van der Waals surface area contributed by atoms with Crippen LogP contribution in [0.1, 0.15) is 19.3 Å². The minimum atomic E-state index is -3.38. The maximum absolute atomic E-state index is 12.0. The molecule has 2 atom stereocenters. The maximum atomic E-state index is 12.0. The smallest absolute Gasteiger partial charge is 0.279 e. The van der Waals surface area contributed by atoms with Crippen molar-refractivity contribution < 1.29 is 13.2 Å². The van der Waals surface area contributed by atoms with E-state index >= 15 is 0 Å². The summed E-state index contributed by atoms with van der Waals surface area (Å²) in [5, 5.41) is 0. The fraction of sp³-hybridized carbons (Fsp3) is 1.00. The Bertz CT molecular complexity index is 327. The van der Waals surface area contributed by atoms with Gasteiger partial charge in [-0.05, 0) is 12.8 Å². The Labute approximate surface area is 96.3 Å². The van der Waals surface area contributed by atoms with Gasteiger partial charge in [-0.3, -0.25) is 0 Å². The zero-order chi connectivity index (χ0) is 11.6. The average Bonchev–Trinajstić information content (AvgIpc) is 2.65. The highest BCUT2D eigenvalue weighted by atomic mass is 32.2. The summed E-state index contributed by atoms with van der Waals surface area (Å²) in [6, 6.07) is -0.149. The van der Waals surface area contributed by atoms with E-state index in [0.717, 1.165) is 19.3 Å². The normalized spacial score (nSPS) is 33.1. The van der Waals surface area contributed by atoms with Crippen molar-refractivity contribution in [3.63, 3.8) is 0 Å². The minimum absolute atomic E-state index is 0.0455. The number of nitrogens with zero attached hydrogens (tertiary/aromatic N) is 1. The Morgan fingerprint density at radius 1 is 1.25 bits per heavy atom. The van der Waals surface area contributed by atoms with Crippen molar-refractivity contribution in [3.8, 4) is 0 Å². The molecule has 0 spiro atoms. The standard InChI is InChI=1S/C9H19N3O3S/c10-8-2-1-3-9(8)11-16(13,14)12-4-6-15-7-5-12/h8-9,11H,1-7,10H2. The molecule has 2 unspecified atom stereocenters. The third kappa shape index (κ3) is 2.72. The Balaban J connectivity index is 1.96. The van der Waals surface area contributed by atoms with Gasteiger partial charge < -0.3 is 10.5 Å². The second kappa shape index (κ2) is 4.97. The molecule has 2 aliphatic rings. The number of hydrogen-bond acceptors (Lipinski definition) is 4. The van der Waals surface area contributed by atoms with Gasteiger partial charge in [0, 0.05) is 25.2 Å². The summed E-state index contributed by atoms with van der Waals surface area (Å²) in [5.41, 5.74) is 5.85. The summed E-state index contributed by atoms with van der Waals surface area (Å²) in [7, 11) is -3.38. The first-order chi connectivity index (χ1) is 7.59. The van der Waals surface area contributed by atoms with Crippen molar-refractivity contribution in [1.29, 1.82) is 0 Å². The molecule has 6 nitrogen and oxygen atoms in total. The van der Waals surface area contributed by atoms with Gasteiger partial charge >= 0.3 is 0 Å². The quantitative estimate of drug-likeness (QED) is 0.674. The minimum Gasteiger partial charge on any atom is -0.379 e. The highest BCUT2D eigenvalue weighted by Gasteiger charge is 2.31. The highest BCUT2D eigenvalue weighted by molar-refractivity contribution is 7.87. The van der Waals surface area contributed by atoms with Crippen molar-refractivity contribution in [2.24, 2.45) is 5.73 Å². The van der Waals surface area contributed by atoms with Gasteiger partial charge in [0.2, 0.25) is 0 Å². The van der Waals surface area contributed by atoms with Gasteiger partial charge in [-0.2, -0.15) is 17.4 Å². The molecule has 3 N–H and O–H groups in total. The van der Waals surface area contributed by atoms with E-state index < -0.39 is 10.2 Å². The molecule has 0 aromatic heterocycles. The third-order valence-corrected chi connectivity index (χ3v) is 4.83. The van der Waals surface area contributed by atoms with Crippen LogP contribution in [-0.2, 0) is 14.9 Å². The first kappa shape index (κ1) is 12.3. The Kier molecular flexibility index (Phi) is 3.81. The lowest BCUT2D eigenvalue weighted by Crippen LogP contribution is -2.52. The van der Waals surface area contributed by atoms with Crippen LogP contribution in [0.4, 0.5) is 0 Å². The monoisotopic (exact) mass is 249 g/mol. The van der Waals surface area contributed by atoms with Crippen molar-refractivity contribution >= 4 is 10.2 Å². The molecule has 16 heavy (non-hydrogen) atoms. The molecule has 1 saturated heterocycles. The van der Waals surface area contributed by atoms with Gasteiger partial charge in [-0.1, -0.05) is 6.42 Å². The molecule has 7 heteroatoms. The summed E-state index contributed by atoms with van der Waals surface area (Å²) < 4.78 is 33.2. The van der Waals surface area contributed by atoms with Crippen molar-refractivity contribution in [1.82, 2.24) is 9.03 Å². The Morgan fingerprint density at radius 2 is 1.94 bits per heavy atom.